The molecule has 1 aromatic carbocycles. The zero-order chi connectivity index (χ0) is 15.7. The van der Waals surface area contributed by atoms with Gasteiger partial charge in [0.05, 0.1) is 6.04 Å². The highest BCUT2D eigenvalue weighted by molar-refractivity contribution is 5.94. The summed E-state index contributed by atoms with van der Waals surface area (Å²) in [7, 11) is 0. The van der Waals surface area contributed by atoms with Crippen molar-refractivity contribution < 1.29 is 9.59 Å². The maximum atomic E-state index is 11.9. The van der Waals surface area contributed by atoms with Crippen molar-refractivity contribution in [1.82, 2.24) is 10.6 Å². The Kier molecular flexibility index (Phi) is 10.2. The second-order valence-corrected chi connectivity index (χ2v) is 5.07. The van der Waals surface area contributed by atoms with E-state index in [2.05, 4.69) is 10.6 Å². The van der Waals surface area contributed by atoms with E-state index < -0.39 is 6.04 Å². The summed E-state index contributed by atoms with van der Waals surface area (Å²) in [5, 5.41) is 5.63. The summed E-state index contributed by atoms with van der Waals surface area (Å²) in [6, 6.07) is 6.78. The van der Waals surface area contributed by atoms with Crippen molar-refractivity contribution in [2.24, 2.45) is 5.73 Å². The van der Waals surface area contributed by atoms with Gasteiger partial charge in [-0.3, -0.25) is 9.59 Å². The number of carbonyl (C=O) groups excluding carboxylic acids is 2. The fourth-order valence-corrected chi connectivity index (χ4v) is 1.93. The van der Waals surface area contributed by atoms with Crippen molar-refractivity contribution in [3.63, 3.8) is 0 Å². The molecule has 0 aromatic heterocycles. The number of carbonyl (C=O) groups is 2. The Morgan fingerprint density at radius 3 is 2.55 bits per heavy atom. The largest absolute Gasteiger partial charge is 0.352 e. The minimum absolute atomic E-state index is 0. The Morgan fingerprint density at radius 1 is 1.18 bits per heavy atom. The smallest absolute Gasteiger partial charge is 0.251 e. The first-order valence-electron chi connectivity index (χ1n) is 7.48. The summed E-state index contributed by atoms with van der Waals surface area (Å²) in [5.74, 6) is -0.245. The molecule has 0 saturated heterocycles. The van der Waals surface area contributed by atoms with Crippen LogP contribution in [0.1, 0.15) is 49.0 Å². The molecule has 0 bridgehead atoms. The van der Waals surface area contributed by atoms with E-state index in [9.17, 15) is 9.59 Å². The average molecular weight is 328 g/mol. The molecule has 0 aliphatic carbocycles. The number of hydrogen-bond donors (Lipinski definition) is 3. The van der Waals surface area contributed by atoms with Gasteiger partial charge in [0, 0.05) is 18.7 Å². The quantitative estimate of drug-likeness (QED) is 0.682. The summed E-state index contributed by atoms with van der Waals surface area (Å²) < 4.78 is 0. The lowest BCUT2D eigenvalue weighted by Gasteiger charge is -2.11. The third kappa shape index (κ3) is 6.91. The number of nitrogens with one attached hydrogen (secondary N) is 2. The van der Waals surface area contributed by atoms with Crippen LogP contribution in [0, 0.1) is 0 Å². The Labute approximate surface area is 138 Å². The minimum atomic E-state index is -0.467. The average Bonchev–Trinajstić information content (AvgIpc) is 2.50. The van der Waals surface area contributed by atoms with Gasteiger partial charge in [-0.2, -0.15) is 0 Å². The van der Waals surface area contributed by atoms with Crippen LogP contribution in [0.15, 0.2) is 24.3 Å². The molecule has 1 atom stereocenters. The molecule has 0 spiro atoms. The molecule has 0 fully saturated rings. The zero-order valence-electron chi connectivity index (χ0n) is 13.2. The molecular weight excluding hydrogens is 302 g/mol. The van der Waals surface area contributed by atoms with E-state index in [1.165, 1.54) is 0 Å². The van der Waals surface area contributed by atoms with Gasteiger partial charge in [0.2, 0.25) is 5.91 Å². The van der Waals surface area contributed by atoms with Gasteiger partial charge in [0.15, 0.2) is 0 Å². The van der Waals surface area contributed by atoms with Crippen LogP contribution >= 0.6 is 12.4 Å². The molecule has 1 aromatic rings. The van der Waals surface area contributed by atoms with Crippen LogP contribution < -0.4 is 16.4 Å². The van der Waals surface area contributed by atoms with Gasteiger partial charge in [-0.1, -0.05) is 32.4 Å². The van der Waals surface area contributed by atoms with E-state index in [1.807, 2.05) is 26.0 Å². The SMILES string of the molecule is CCCNC(=O)c1cccc(CNC(=O)C(N)CCC)c1.Cl. The lowest BCUT2D eigenvalue weighted by atomic mass is 10.1. The molecule has 0 aliphatic rings. The van der Waals surface area contributed by atoms with Crippen LogP contribution in [0.4, 0.5) is 0 Å². The normalized spacial score (nSPS) is 11.2. The van der Waals surface area contributed by atoms with Crippen LogP contribution in [-0.4, -0.2) is 24.4 Å². The number of amides is 2. The molecule has 124 valence electrons. The predicted molar refractivity (Wildman–Crippen MR) is 91.0 cm³/mol. The predicted octanol–water partition coefficient (Wildman–Crippen LogP) is 1.99. The van der Waals surface area contributed by atoms with Crippen molar-refractivity contribution in [2.75, 3.05) is 6.54 Å². The molecule has 1 rings (SSSR count). The third-order valence-electron chi connectivity index (χ3n) is 3.13. The number of hydrogen-bond acceptors (Lipinski definition) is 3. The van der Waals surface area contributed by atoms with Gasteiger partial charge in [0.1, 0.15) is 0 Å². The number of halogens is 1. The van der Waals surface area contributed by atoms with Gasteiger partial charge in [0.25, 0.3) is 5.91 Å². The van der Waals surface area contributed by atoms with Gasteiger partial charge in [-0.05, 0) is 30.5 Å². The summed E-state index contributed by atoms with van der Waals surface area (Å²) >= 11 is 0. The van der Waals surface area contributed by atoms with E-state index in [1.54, 1.807) is 12.1 Å². The lowest BCUT2D eigenvalue weighted by Crippen LogP contribution is -2.40. The fourth-order valence-electron chi connectivity index (χ4n) is 1.93. The fraction of sp³-hybridized carbons (Fsp3) is 0.500. The van der Waals surface area contributed by atoms with Crippen molar-refractivity contribution in [3.05, 3.63) is 35.4 Å². The summed E-state index contributed by atoms with van der Waals surface area (Å²) in [5.41, 5.74) is 7.24. The molecule has 6 heteroatoms. The molecule has 0 heterocycles. The van der Waals surface area contributed by atoms with E-state index in [4.69, 9.17) is 5.73 Å². The number of nitrogens with two attached hydrogens (primary N) is 1. The second-order valence-electron chi connectivity index (χ2n) is 5.07. The Bertz CT molecular complexity index is 480. The maximum absolute atomic E-state index is 11.9. The molecule has 5 nitrogen and oxygen atoms in total. The first-order valence-corrected chi connectivity index (χ1v) is 7.48. The van der Waals surface area contributed by atoms with Crippen LogP contribution in [0.25, 0.3) is 0 Å². The maximum Gasteiger partial charge on any atom is 0.251 e. The highest BCUT2D eigenvalue weighted by Crippen LogP contribution is 2.05. The van der Waals surface area contributed by atoms with Crippen molar-refractivity contribution >= 4 is 24.2 Å². The zero-order valence-corrected chi connectivity index (χ0v) is 14.0. The van der Waals surface area contributed by atoms with E-state index in [0.29, 0.717) is 25.1 Å². The number of benzene rings is 1. The molecule has 1 unspecified atom stereocenters. The Hall–Kier alpha value is -1.59. The van der Waals surface area contributed by atoms with Gasteiger partial charge >= 0.3 is 0 Å². The summed E-state index contributed by atoms with van der Waals surface area (Å²) in [6.07, 6.45) is 2.45. The highest BCUT2D eigenvalue weighted by Gasteiger charge is 2.12. The van der Waals surface area contributed by atoms with Gasteiger partial charge < -0.3 is 16.4 Å². The van der Waals surface area contributed by atoms with Crippen molar-refractivity contribution in [1.29, 1.82) is 0 Å². The molecule has 2 amide bonds. The first-order chi connectivity index (χ1) is 10.1. The van der Waals surface area contributed by atoms with Crippen LogP contribution in [0.5, 0.6) is 0 Å². The standard InChI is InChI=1S/C16H25N3O2.ClH/c1-3-6-14(17)16(21)19-11-12-7-5-8-13(10-12)15(20)18-9-4-2;/h5,7-8,10,14H,3-4,6,9,11,17H2,1-2H3,(H,18,20)(H,19,21);1H. The van der Waals surface area contributed by atoms with E-state index in [-0.39, 0.29) is 24.2 Å². The molecular formula is C16H26ClN3O2. The topological polar surface area (TPSA) is 84.2 Å². The molecule has 4 N–H and O–H groups in total. The molecule has 22 heavy (non-hydrogen) atoms. The molecule has 0 saturated carbocycles. The first kappa shape index (κ1) is 20.4. The van der Waals surface area contributed by atoms with Crippen molar-refractivity contribution in [3.8, 4) is 0 Å². The minimum Gasteiger partial charge on any atom is -0.352 e. The summed E-state index contributed by atoms with van der Waals surface area (Å²) in [4.78, 5) is 23.6. The van der Waals surface area contributed by atoms with Gasteiger partial charge in [-0.15, -0.1) is 12.4 Å². The van der Waals surface area contributed by atoms with E-state index in [0.717, 1.165) is 18.4 Å². The van der Waals surface area contributed by atoms with Crippen LogP contribution in [0.2, 0.25) is 0 Å². The van der Waals surface area contributed by atoms with E-state index >= 15 is 0 Å². The summed E-state index contributed by atoms with van der Waals surface area (Å²) in [6.45, 7) is 5.04. The van der Waals surface area contributed by atoms with Crippen molar-refractivity contribution in [2.45, 2.75) is 45.7 Å². The van der Waals surface area contributed by atoms with Crippen LogP contribution in [0.3, 0.4) is 0 Å². The van der Waals surface area contributed by atoms with Crippen LogP contribution in [-0.2, 0) is 11.3 Å². The number of rotatable bonds is 8. The highest BCUT2D eigenvalue weighted by atomic mass is 35.5. The lowest BCUT2D eigenvalue weighted by molar-refractivity contribution is -0.122. The Morgan fingerprint density at radius 2 is 1.91 bits per heavy atom. The Balaban J connectivity index is 0.00000441. The van der Waals surface area contributed by atoms with Gasteiger partial charge in [-0.25, -0.2) is 0 Å². The monoisotopic (exact) mass is 327 g/mol. The molecule has 0 aliphatic heterocycles. The second kappa shape index (κ2) is 11.0. The molecule has 0 radical (unpaired) electrons. The third-order valence-corrected chi connectivity index (χ3v) is 3.13.